The molecule has 0 radical (unpaired) electrons. The van der Waals surface area contributed by atoms with E-state index >= 15 is 0 Å². The normalized spacial score (nSPS) is 25.1. The van der Waals surface area contributed by atoms with Crippen molar-refractivity contribution < 1.29 is 14.4 Å². The zero-order valence-electron chi connectivity index (χ0n) is 16.7. The second kappa shape index (κ2) is 7.85. The molecule has 2 N–H and O–H groups in total. The van der Waals surface area contributed by atoms with Crippen molar-refractivity contribution in [3.8, 4) is 0 Å². The molecule has 1 saturated carbocycles. The van der Waals surface area contributed by atoms with E-state index in [1.165, 1.54) is 0 Å². The first-order valence-corrected chi connectivity index (χ1v) is 10.7. The van der Waals surface area contributed by atoms with Crippen molar-refractivity contribution in [1.29, 1.82) is 0 Å². The molecule has 0 bridgehead atoms. The smallest absolute Gasteiger partial charge is 0.325 e. The molecule has 1 aliphatic carbocycles. The molecule has 4 amide bonds. The number of hydrogen-bond acceptors (Lipinski definition) is 3. The zero-order chi connectivity index (χ0) is 20.5. The lowest BCUT2D eigenvalue weighted by molar-refractivity contribution is -0.135. The number of anilines is 1. The average Bonchev–Trinajstić information content (AvgIpc) is 2.88. The van der Waals surface area contributed by atoms with Crippen LogP contribution < -0.4 is 10.6 Å². The lowest BCUT2D eigenvalue weighted by atomic mass is 9.65. The average molecular weight is 450 g/mol. The van der Waals surface area contributed by atoms with Crippen LogP contribution in [0.3, 0.4) is 0 Å². The van der Waals surface area contributed by atoms with E-state index in [-0.39, 0.29) is 23.8 Å². The van der Waals surface area contributed by atoms with Crippen LogP contribution in [-0.2, 0) is 9.59 Å². The fourth-order valence-electron chi connectivity index (χ4n) is 4.22. The van der Waals surface area contributed by atoms with Crippen LogP contribution in [0.15, 0.2) is 28.7 Å². The van der Waals surface area contributed by atoms with Gasteiger partial charge in [-0.1, -0.05) is 43.1 Å². The number of urea groups is 1. The number of nitrogens with zero attached hydrogens (tertiary/aromatic N) is 1. The van der Waals surface area contributed by atoms with Gasteiger partial charge in [-0.2, -0.15) is 0 Å². The van der Waals surface area contributed by atoms with Gasteiger partial charge in [0.15, 0.2) is 0 Å². The van der Waals surface area contributed by atoms with Crippen LogP contribution in [0.25, 0.3) is 0 Å². The highest BCUT2D eigenvalue weighted by atomic mass is 79.9. The quantitative estimate of drug-likeness (QED) is 0.657. The van der Waals surface area contributed by atoms with Gasteiger partial charge in [0.25, 0.3) is 5.91 Å². The summed E-state index contributed by atoms with van der Waals surface area (Å²) in [5, 5.41) is 5.62. The highest BCUT2D eigenvalue weighted by Gasteiger charge is 2.53. The molecule has 1 spiro atoms. The molecule has 2 fully saturated rings. The Bertz CT molecular complexity index is 768. The van der Waals surface area contributed by atoms with Gasteiger partial charge in [-0.3, -0.25) is 14.5 Å². The Kier molecular flexibility index (Phi) is 5.84. The number of rotatable bonds is 5. The van der Waals surface area contributed by atoms with Crippen molar-refractivity contribution in [2.24, 2.45) is 11.3 Å². The number of carbonyl (C=O) groups is 3. The Morgan fingerprint density at radius 2 is 1.86 bits per heavy atom. The van der Waals surface area contributed by atoms with Crippen molar-refractivity contribution in [1.82, 2.24) is 10.2 Å². The monoisotopic (exact) mass is 449 g/mol. The van der Waals surface area contributed by atoms with Gasteiger partial charge in [0.2, 0.25) is 5.91 Å². The fraction of sp³-hybridized carbons (Fsp3) is 0.571. The number of hydrogen-bond donors (Lipinski definition) is 2. The zero-order valence-corrected chi connectivity index (χ0v) is 18.3. The third-order valence-corrected chi connectivity index (χ3v) is 7.06. The minimum atomic E-state index is -0.838. The molecule has 2 aliphatic rings. The Hall–Kier alpha value is -1.89. The maximum absolute atomic E-state index is 13.0. The second-order valence-electron chi connectivity index (χ2n) is 8.58. The van der Waals surface area contributed by atoms with E-state index in [4.69, 9.17) is 0 Å². The first kappa shape index (κ1) is 20.8. The van der Waals surface area contributed by atoms with Crippen molar-refractivity contribution in [2.75, 3.05) is 11.9 Å². The van der Waals surface area contributed by atoms with E-state index in [1.54, 1.807) is 12.1 Å². The van der Waals surface area contributed by atoms with Gasteiger partial charge >= 0.3 is 6.03 Å². The van der Waals surface area contributed by atoms with Crippen LogP contribution in [0.2, 0.25) is 0 Å². The van der Waals surface area contributed by atoms with Crippen molar-refractivity contribution >= 4 is 39.5 Å². The SMILES string of the molecule is CCC(C)(C)C1CCC2(CC1)NC(=O)N(CC(=O)Nc1ccc(Br)cc1)C2=O. The third kappa shape index (κ3) is 4.09. The Labute approximate surface area is 174 Å². The number of nitrogens with one attached hydrogen (secondary N) is 2. The van der Waals surface area contributed by atoms with E-state index in [0.717, 1.165) is 28.6 Å². The molecule has 152 valence electrons. The third-order valence-electron chi connectivity index (χ3n) is 6.53. The molecule has 0 unspecified atom stereocenters. The van der Waals surface area contributed by atoms with Gasteiger partial charge < -0.3 is 10.6 Å². The predicted octanol–water partition coefficient (Wildman–Crippen LogP) is 4.30. The summed E-state index contributed by atoms with van der Waals surface area (Å²) in [6.45, 7) is 6.46. The van der Waals surface area contributed by atoms with Crippen molar-refractivity contribution in [3.05, 3.63) is 28.7 Å². The standard InChI is InChI=1S/C21H28BrN3O3/c1-4-20(2,3)14-9-11-21(12-10-14)18(27)25(19(28)24-21)13-17(26)23-16-7-5-15(22)6-8-16/h5-8,14H,4,9-13H2,1-3H3,(H,23,26)(H,24,28). The van der Waals surface area contributed by atoms with Gasteiger partial charge in [-0.15, -0.1) is 0 Å². The lowest BCUT2D eigenvalue weighted by Gasteiger charge is -2.42. The Morgan fingerprint density at radius 3 is 2.43 bits per heavy atom. The topological polar surface area (TPSA) is 78.5 Å². The first-order valence-electron chi connectivity index (χ1n) is 9.86. The molecule has 1 heterocycles. The van der Waals surface area contributed by atoms with E-state index in [1.807, 2.05) is 12.1 Å². The Balaban J connectivity index is 1.62. The van der Waals surface area contributed by atoms with E-state index in [2.05, 4.69) is 47.3 Å². The molecule has 1 aliphatic heterocycles. The molecule has 28 heavy (non-hydrogen) atoms. The van der Waals surface area contributed by atoms with Crippen molar-refractivity contribution in [2.45, 2.75) is 58.4 Å². The number of halogens is 1. The predicted molar refractivity (Wildman–Crippen MR) is 112 cm³/mol. The molecule has 1 saturated heterocycles. The molecule has 3 rings (SSSR count). The summed E-state index contributed by atoms with van der Waals surface area (Å²) in [5.74, 6) is -0.109. The molecule has 1 aromatic carbocycles. The highest BCUT2D eigenvalue weighted by Crippen LogP contribution is 2.45. The largest absolute Gasteiger partial charge is 0.325 e. The number of imide groups is 1. The van der Waals surface area contributed by atoms with Gasteiger partial charge in [0.1, 0.15) is 12.1 Å². The molecule has 6 nitrogen and oxygen atoms in total. The molecule has 7 heteroatoms. The highest BCUT2D eigenvalue weighted by molar-refractivity contribution is 9.10. The van der Waals surface area contributed by atoms with Crippen LogP contribution in [0.1, 0.15) is 52.9 Å². The summed E-state index contributed by atoms with van der Waals surface area (Å²) < 4.78 is 0.906. The second-order valence-corrected chi connectivity index (χ2v) is 9.49. The fourth-order valence-corrected chi connectivity index (χ4v) is 4.48. The van der Waals surface area contributed by atoms with Crippen molar-refractivity contribution in [3.63, 3.8) is 0 Å². The van der Waals surface area contributed by atoms with Gasteiger partial charge in [0.05, 0.1) is 0 Å². The van der Waals surface area contributed by atoms with E-state index < -0.39 is 11.6 Å². The maximum Gasteiger partial charge on any atom is 0.325 e. The van der Waals surface area contributed by atoms with Crippen LogP contribution in [0, 0.1) is 11.3 Å². The summed E-state index contributed by atoms with van der Waals surface area (Å²) in [6, 6.07) is 6.67. The number of amides is 4. The summed E-state index contributed by atoms with van der Waals surface area (Å²) >= 11 is 3.34. The maximum atomic E-state index is 13.0. The molecular formula is C21H28BrN3O3. The van der Waals surface area contributed by atoms with Gasteiger partial charge in [0, 0.05) is 10.2 Å². The molecule has 1 aromatic rings. The first-order chi connectivity index (χ1) is 13.2. The molecular weight excluding hydrogens is 422 g/mol. The van der Waals surface area contributed by atoms with E-state index in [0.29, 0.717) is 24.4 Å². The van der Waals surface area contributed by atoms with Crippen LogP contribution in [0.4, 0.5) is 10.5 Å². The number of benzene rings is 1. The molecule has 0 aromatic heterocycles. The van der Waals surface area contributed by atoms with Gasteiger partial charge in [-0.05, 0) is 61.3 Å². The Morgan fingerprint density at radius 1 is 1.25 bits per heavy atom. The summed E-state index contributed by atoms with van der Waals surface area (Å²) in [5.41, 5.74) is 0.0181. The van der Waals surface area contributed by atoms with Crippen LogP contribution in [-0.4, -0.2) is 34.8 Å². The summed E-state index contributed by atoms with van der Waals surface area (Å²) in [4.78, 5) is 38.8. The van der Waals surface area contributed by atoms with Gasteiger partial charge in [-0.25, -0.2) is 4.79 Å². The summed E-state index contributed by atoms with van der Waals surface area (Å²) in [6.07, 6.45) is 4.18. The van der Waals surface area contributed by atoms with Crippen LogP contribution >= 0.6 is 15.9 Å². The van der Waals surface area contributed by atoms with E-state index in [9.17, 15) is 14.4 Å². The summed E-state index contributed by atoms with van der Waals surface area (Å²) in [7, 11) is 0. The minimum Gasteiger partial charge on any atom is -0.325 e. The molecule has 0 atom stereocenters. The number of carbonyl (C=O) groups excluding carboxylic acids is 3. The van der Waals surface area contributed by atoms with Crippen LogP contribution in [0.5, 0.6) is 0 Å². The lowest BCUT2D eigenvalue weighted by Crippen LogP contribution is -2.51. The minimum absolute atomic E-state index is 0.234.